The van der Waals surface area contributed by atoms with Crippen LogP contribution in [0.15, 0.2) is 53.4 Å². The number of rotatable bonds is 5. The first-order chi connectivity index (χ1) is 11.1. The fourth-order valence-electron chi connectivity index (χ4n) is 1.70. The van der Waals surface area contributed by atoms with Crippen LogP contribution in [-0.4, -0.2) is 24.8 Å². The lowest BCUT2D eigenvalue weighted by Gasteiger charge is -2.07. The average molecular weight is 334 g/mol. The molecule has 0 spiro atoms. The number of hydrogen-bond acceptors (Lipinski definition) is 4. The molecule has 2 aromatic carbocycles. The summed E-state index contributed by atoms with van der Waals surface area (Å²) < 4.78 is 18.4. The number of hydrogen-bond donors (Lipinski definition) is 2. The normalized spacial score (nSPS) is 10.0. The highest BCUT2D eigenvalue weighted by atomic mass is 32.2. The van der Waals surface area contributed by atoms with Crippen LogP contribution in [0.1, 0.15) is 0 Å². The summed E-state index contributed by atoms with van der Waals surface area (Å²) in [5.74, 6) is -0.303. The van der Waals surface area contributed by atoms with Gasteiger partial charge in [0.1, 0.15) is 11.6 Å². The van der Waals surface area contributed by atoms with Crippen molar-refractivity contribution in [2.75, 3.05) is 18.2 Å². The van der Waals surface area contributed by atoms with Gasteiger partial charge in [-0.05, 0) is 36.4 Å². The predicted octanol–water partition coefficient (Wildman–Crippen LogP) is 3.27. The molecule has 23 heavy (non-hydrogen) atoms. The molecule has 0 heterocycles. The van der Waals surface area contributed by atoms with E-state index in [2.05, 4.69) is 10.6 Å². The Balaban J connectivity index is 1.80. The number of benzene rings is 2. The van der Waals surface area contributed by atoms with Crippen LogP contribution in [0, 0.1) is 5.82 Å². The van der Waals surface area contributed by atoms with Crippen molar-refractivity contribution in [3.05, 3.63) is 54.3 Å². The minimum absolute atomic E-state index is 0.0586. The van der Waals surface area contributed by atoms with E-state index < -0.39 is 17.8 Å². The lowest BCUT2D eigenvalue weighted by Crippen LogP contribution is -2.35. The summed E-state index contributed by atoms with van der Waals surface area (Å²) in [7, 11) is 1.54. The molecule has 0 aliphatic carbocycles. The van der Waals surface area contributed by atoms with Crippen molar-refractivity contribution < 1.29 is 18.7 Å². The number of carbonyl (C=O) groups is 2. The molecule has 0 aliphatic heterocycles. The zero-order valence-corrected chi connectivity index (χ0v) is 13.2. The Morgan fingerprint density at radius 2 is 1.83 bits per heavy atom. The second-order valence-corrected chi connectivity index (χ2v) is 5.47. The largest absolute Gasteiger partial charge is 0.497 e. The summed E-state index contributed by atoms with van der Waals surface area (Å²) in [5.41, 5.74) is 0.526. The second kappa shape index (κ2) is 8.19. The van der Waals surface area contributed by atoms with E-state index in [1.807, 2.05) is 0 Å². The van der Waals surface area contributed by atoms with Crippen LogP contribution < -0.4 is 15.4 Å². The molecule has 0 fully saturated rings. The monoisotopic (exact) mass is 334 g/mol. The van der Waals surface area contributed by atoms with Gasteiger partial charge in [0.15, 0.2) is 0 Å². The van der Waals surface area contributed by atoms with E-state index in [-0.39, 0.29) is 5.75 Å². The van der Waals surface area contributed by atoms with Gasteiger partial charge in [-0.25, -0.2) is 9.18 Å². The Bertz CT molecular complexity index is 692. The average Bonchev–Trinajstić information content (AvgIpc) is 2.54. The Morgan fingerprint density at radius 3 is 2.48 bits per heavy atom. The fraction of sp³-hybridized carbons (Fsp3) is 0.125. The van der Waals surface area contributed by atoms with Crippen molar-refractivity contribution in [3.63, 3.8) is 0 Å². The summed E-state index contributed by atoms with van der Waals surface area (Å²) in [6, 6.07) is 12.2. The van der Waals surface area contributed by atoms with Crippen molar-refractivity contribution in [3.8, 4) is 5.75 Å². The van der Waals surface area contributed by atoms with Crippen LogP contribution in [0.3, 0.4) is 0 Å². The minimum atomic E-state index is -0.644. The van der Waals surface area contributed by atoms with Crippen molar-refractivity contribution in [2.45, 2.75) is 4.90 Å². The van der Waals surface area contributed by atoms with E-state index in [1.54, 1.807) is 49.6 Å². The Hall–Kier alpha value is -2.54. The summed E-state index contributed by atoms with van der Waals surface area (Å²) >= 11 is 1.02. The molecule has 0 saturated heterocycles. The van der Waals surface area contributed by atoms with Gasteiger partial charge in [0.2, 0.25) is 5.91 Å². The van der Waals surface area contributed by atoms with E-state index >= 15 is 0 Å². The number of thioether (sulfide) groups is 1. The first kappa shape index (κ1) is 16.8. The molecule has 5 nitrogen and oxygen atoms in total. The van der Waals surface area contributed by atoms with E-state index in [4.69, 9.17) is 4.74 Å². The van der Waals surface area contributed by atoms with E-state index in [1.165, 1.54) is 6.07 Å². The van der Waals surface area contributed by atoms with Crippen molar-refractivity contribution in [1.82, 2.24) is 5.32 Å². The van der Waals surface area contributed by atoms with Gasteiger partial charge in [0.25, 0.3) is 0 Å². The molecule has 0 aliphatic rings. The lowest BCUT2D eigenvalue weighted by molar-refractivity contribution is -0.117. The number of methoxy groups -OCH3 is 1. The first-order valence-corrected chi connectivity index (χ1v) is 7.69. The molecule has 0 atom stereocenters. The number of imide groups is 1. The number of amides is 3. The molecule has 3 amide bonds. The Kier molecular flexibility index (Phi) is 5.99. The molecule has 0 unspecified atom stereocenters. The molecule has 2 rings (SSSR count). The zero-order valence-electron chi connectivity index (χ0n) is 12.3. The van der Waals surface area contributed by atoms with Gasteiger partial charge < -0.3 is 10.1 Å². The molecule has 120 valence electrons. The maximum Gasteiger partial charge on any atom is 0.325 e. The molecule has 0 saturated carbocycles. The standard InChI is InChI=1S/C16H15FN2O3S/c1-22-12-8-6-11(7-9-12)18-16(21)19-15(20)10-23-14-5-3-2-4-13(14)17/h2-9H,10H2,1H3,(H2,18,19,20,21). The highest BCUT2D eigenvalue weighted by molar-refractivity contribution is 8.00. The SMILES string of the molecule is COc1ccc(NC(=O)NC(=O)CSc2ccccc2F)cc1. The van der Waals surface area contributed by atoms with E-state index in [0.717, 1.165) is 11.8 Å². The molecule has 0 aromatic heterocycles. The van der Waals surface area contributed by atoms with Crippen LogP contribution in [0.5, 0.6) is 5.75 Å². The number of nitrogens with one attached hydrogen (secondary N) is 2. The third-order valence-electron chi connectivity index (χ3n) is 2.80. The number of ether oxygens (including phenoxy) is 1. The van der Waals surface area contributed by atoms with Gasteiger partial charge in [-0.15, -0.1) is 11.8 Å². The van der Waals surface area contributed by atoms with Gasteiger partial charge in [0.05, 0.1) is 12.9 Å². The van der Waals surface area contributed by atoms with Crippen molar-refractivity contribution in [2.24, 2.45) is 0 Å². The lowest BCUT2D eigenvalue weighted by atomic mass is 10.3. The van der Waals surface area contributed by atoms with Crippen LogP contribution in [0.4, 0.5) is 14.9 Å². The molecule has 2 aromatic rings. The summed E-state index contributed by atoms with van der Waals surface area (Å²) in [6.45, 7) is 0. The fourth-order valence-corrected chi connectivity index (χ4v) is 2.44. The van der Waals surface area contributed by atoms with Crippen LogP contribution in [0.2, 0.25) is 0 Å². The molecular weight excluding hydrogens is 319 g/mol. The van der Waals surface area contributed by atoms with Crippen LogP contribution >= 0.6 is 11.8 Å². The van der Waals surface area contributed by atoms with Crippen molar-refractivity contribution >= 4 is 29.4 Å². The maximum atomic E-state index is 13.4. The van der Waals surface area contributed by atoms with Gasteiger partial charge in [-0.2, -0.15) is 0 Å². The molecule has 2 N–H and O–H groups in total. The summed E-state index contributed by atoms with van der Waals surface area (Å²) in [5, 5.41) is 4.71. The Labute approximate surface area is 137 Å². The third kappa shape index (κ3) is 5.30. The summed E-state index contributed by atoms with van der Waals surface area (Å²) in [4.78, 5) is 23.8. The number of halogens is 1. The van der Waals surface area contributed by atoms with Crippen LogP contribution in [0.25, 0.3) is 0 Å². The number of anilines is 1. The quantitative estimate of drug-likeness (QED) is 0.824. The molecule has 0 radical (unpaired) electrons. The number of carbonyl (C=O) groups excluding carboxylic acids is 2. The van der Waals surface area contributed by atoms with Gasteiger partial charge in [-0.3, -0.25) is 10.1 Å². The maximum absolute atomic E-state index is 13.4. The first-order valence-electron chi connectivity index (χ1n) is 6.70. The second-order valence-electron chi connectivity index (χ2n) is 4.45. The topological polar surface area (TPSA) is 67.4 Å². The van der Waals surface area contributed by atoms with Gasteiger partial charge in [0, 0.05) is 10.6 Å². The molecule has 0 bridgehead atoms. The van der Waals surface area contributed by atoms with Crippen LogP contribution in [-0.2, 0) is 4.79 Å². The number of urea groups is 1. The highest BCUT2D eigenvalue weighted by Gasteiger charge is 2.10. The molecular formula is C16H15FN2O3S. The Morgan fingerprint density at radius 1 is 1.13 bits per heavy atom. The molecule has 7 heteroatoms. The minimum Gasteiger partial charge on any atom is -0.497 e. The van der Waals surface area contributed by atoms with Gasteiger partial charge in [-0.1, -0.05) is 12.1 Å². The van der Waals surface area contributed by atoms with E-state index in [0.29, 0.717) is 16.3 Å². The third-order valence-corrected chi connectivity index (χ3v) is 3.84. The smallest absolute Gasteiger partial charge is 0.325 e. The van der Waals surface area contributed by atoms with Crippen molar-refractivity contribution in [1.29, 1.82) is 0 Å². The zero-order chi connectivity index (χ0) is 16.7. The summed E-state index contributed by atoms with van der Waals surface area (Å²) in [6.07, 6.45) is 0. The van der Waals surface area contributed by atoms with Gasteiger partial charge >= 0.3 is 6.03 Å². The van der Waals surface area contributed by atoms with E-state index in [9.17, 15) is 14.0 Å². The highest BCUT2D eigenvalue weighted by Crippen LogP contribution is 2.20. The predicted molar refractivity (Wildman–Crippen MR) is 87.3 cm³/mol.